The van der Waals surface area contributed by atoms with E-state index in [4.69, 9.17) is 9.47 Å². The van der Waals surface area contributed by atoms with E-state index in [1.54, 1.807) is 6.07 Å². The van der Waals surface area contributed by atoms with Gasteiger partial charge >= 0.3 is 6.18 Å². The molecule has 0 saturated carbocycles. The minimum atomic E-state index is -4.58. The highest BCUT2D eigenvalue weighted by Crippen LogP contribution is 2.39. The molecule has 3 aliphatic heterocycles. The molecule has 36 heavy (non-hydrogen) atoms. The summed E-state index contributed by atoms with van der Waals surface area (Å²) in [6.45, 7) is 3.41. The highest BCUT2D eigenvalue weighted by Gasteiger charge is 2.36. The molecule has 5 rings (SSSR count). The Bertz CT molecular complexity index is 1140. The molecule has 1 atom stereocenters. The maximum atomic E-state index is 14.1. The molecular formula is C26H30F3N5O2. The molecular weight excluding hydrogens is 471 g/mol. The van der Waals surface area contributed by atoms with E-state index in [2.05, 4.69) is 26.3 Å². The molecule has 2 fully saturated rings. The van der Waals surface area contributed by atoms with Gasteiger partial charge in [-0.25, -0.2) is 4.99 Å². The Morgan fingerprint density at radius 3 is 2.64 bits per heavy atom. The van der Waals surface area contributed by atoms with Crippen LogP contribution in [0.4, 0.5) is 19.0 Å². The van der Waals surface area contributed by atoms with Gasteiger partial charge in [-0.3, -0.25) is 0 Å². The summed E-state index contributed by atoms with van der Waals surface area (Å²) in [6.07, 6.45) is 0.839. The molecule has 2 aromatic rings. The minimum Gasteiger partial charge on any atom is -0.493 e. The molecule has 0 spiro atoms. The van der Waals surface area contributed by atoms with Gasteiger partial charge in [0.2, 0.25) is 6.17 Å². The summed E-state index contributed by atoms with van der Waals surface area (Å²) in [6, 6.07) is 8.20. The molecule has 1 aromatic carbocycles. The second-order valence-corrected chi connectivity index (χ2v) is 9.52. The molecule has 0 radical (unpaired) electrons. The molecule has 3 aliphatic rings. The number of aliphatic imine (C=N–C) groups is 1. The zero-order valence-electron chi connectivity index (χ0n) is 20.0. The minimum absolute atomic E-state index is 0.174. The van der Waals surface area contributed by atoms with E-state index in [9.17, 15) is 18.4 Å². The van der Waals surface area contributed by atoms with Crippen molar-refractivity contribution < 1.29 is 22.6 Å². The number of benzene rings is 1. The molecule has 10 heteroatoms. The van der Waals surface area contributed by atoms with Crippen molar-refractivity contribution in [2.75, 3.05) is 38.2 Å². The van der Waals surface area contributed by atoms with Crippen molar-refractivity contribution in [3.05, 3.63) is 47.2 Å². The average molecular weight is 502 g/mol. The predicted octanol–water partition coefficient (Wildman–Crippen LogP) is 4.74. The van der Waals surface area contributed by atoms with Gasteiger partial charge in [-0.2, -0.15) is 18.4 Å². The number of nitrogens with one attached hydrogen (secondary N) is 2. The zero-order chi connectivity index (χ0) is 25.1. The fourth-order valence-corrected chi connectivity index (χ4v) is 5.24. The van der Waals surface area contributed by atoms with Gasteiger partial charge in [0.05, 0.1) is 17.9 Å². The molecule has 0 aliphatic carbocycles. The van der Waals surface area contributed by atoms with Gasteiger partial charge < -0.3 is 24.7 Å². The summed E-state index contributed by atoms with van der Waals surface area (Å²) in [7, 11) is 0. The van der Waals surface area contributed by atoms with E-state index >= 15 is 0 Å². The molecule has 7 nitrogen and oxygen atoms in total. The Morgan fingerprint density at radius 1 is 1.14 bits per heavy atom. The number of ether oxygens (including phenoxy) is 2. The van der Waals surface area contributed by atoms with Crippen LogP contribution in [-0.2, 0) is 10.9 Å². The summed E-state index contributed by atoms with van der Waals surface area (Å²) >= 11 is 0. The smallest absolute Gasteiger partial charge is 0.419 e. The SMILES string of the molecule is N#CC1N=C(c2ccc(OCCC3CCNCC3)c(C(F)(F)F)c2)c2ccn(C3CCOCC3)c2N1. The van der Waals surface area contributed by atoms with Gasteiger partial charge in [-0.1, -0.05) is 0 Å². The maximum absolute atomic E-state index is 14.1. The second kappa shape index (κ2) is 10.5. The average Bonchev–Trinajstić information content (AvgIpc) is 3.33. The number of piperidine rings is 1. The largest absolute Gasteiger partial charge is 0.493 e. The lowest BCUT2D eigenvalue weighted by atomic mass is 9.95. The maximum Gasteiger partial charge on any atom is 0.419 e. The van der Waals surface area contributed by atoms with Gasteiger partial charge in [0.1, 0.15) is 17.6 Å². The number of alkyl halides is 3. The van der Waals surface area contributed by atoms with Crippen LogP contribution in [0.5, 0.6) is 5.75 Å². The van der Waals surface area contributed by atoms with E-state index in [0.29, 0.717) is 41.8 Å². The van der Waals surface area contributed by atoms with Crippen LogP contribution < -0.4 is 15.4 Å². The van der Waals surface area contributed by atoms with Crippen molar-refractivity contribution >= 4 is 11.5 Å². The molecule has 1 aromatic heterocycles. The van der Waals surface area contributed by atoms with Crippen LogP contribution in [0.15, 0.2) is 35.5 Å². The van der Waals surface area contributed by atoms with Crippen LogP contribution in [0, 0.1) is 17.2 Å². The monoisotopic (exact) mass is 501 g/mol. The number of fused-ring (bicyclic) bond motifs is 1. The van der Waals surface area contributed by atoms with E-state index in [0.717, 1.165) is 51.3 Å². The van der Waals surface area contributed by atoms with E-state index < -0.39 is 17.9 Å². The fraction of sp³-hybridized carbons (Fsp3) is 0.538. The molecule has 0 amide bonds. The van der Waals surface area contributed by atoms with E-state index in [1.165, 1.54) is 6.07 Å². The molecule has 192 valence electrons. The lowest BCUT2D eigenvalue weighted by molar-refractivity contribution is -0.139. The molecule has 4 heterocycles. The Labute approximate surface area is 208 Å². The number of hydrogen-bond donors (Lipinski definition) is 2. The molecule has 2 N–H and O–H groups in total. The normalized spacial score (nSPS) is 21.3. The van der Waals surface area contributed by atoms with Crippen molar-refractivity contribution in [3.8, 4) is 11.8 Å². The van der Waals surface area contributed by atoms with E-state index in [1.807, 2.05) is 12.3 Å². The number of halogens is 3. The molecule has 1 unspecified atom stereocenters. The number of nitrogens with zero attached hydrogens (tertiary/aromatic N) is 3. The van der Waals surface area contributed by atoms with Gasteiger partial charge in [0.25, 0.3) is 0 Å². The Balaban J connectivity index is 1.42. The number of rotatable bonds is 6. The number of aromatic nitrogens is 1. The first-order valence-corrected chi connectivity index (χ1v) is 12.5. The lowest BCUT2D eigenvalue weighted by Crippen LogP contribution is -2.28. The number of nitriles is 1. The van der Waals surface area contributed by atoms with Crippen LogP contribution in [-0.4, -0.2) is 49.4 Å². The van der Waals surface area contributed by atoms with Crippen LogP contribution in [0.3, 0.4) is 0 Å². The molecule has 0 bridgehead atoms. The van der Waals surface area contributed by atoms with Gasteiger partial charge in [-0.15, -0.1) is 0 Å². The Kier molecular flexibility index (Phi) is 7.21. The first kappa shape index (κ1) is 24.7. The third-order valence-electron chi connectivity index (χ3n) is 7.21. The summed E-state index contributed by atoms with van der Waals surface area (Å²) in [5.41, 5.74) is 0.528. The standard InChI is InChI=1S/C26H30F3N5O2/c27-26(28,29)21-15-18(1-2-22(21)36-14-6-17-3-9-31-10-4-17)24-20-5-11-34(19-7-12-35-13-8-19)25(20)33-23(16-30)32-24/h1-2,5,11,15,17,19,23,31,33H,3-4,6-10,12-14H2. The quantitative estimate of drug-likeness (QED) is 0.598. The second-order valence-electron chi connectivity index (χ2n) is 9.52. The Morgan fingerprint density at radius 2 is 1.92 bits per heavy atom. The summed E-state index contributed by atoms with van der Waals surface area (Å²) in [4.78, 5) is 4.44. The van der Waals surface area contributed by atoms with Crippen LogP contribution in [0.1, 0.15) is 54.8 Å². The Hall–Kier alpha value is -3.03. The zero-order valence-corrected chi connectivity index (χ0v) is 20.0. The van der Waals surface area contributed by atoms with Crippen LogP contribution in [0.25, 0.3) is 0 Å². The first-order chi connectivity index (χ1) is 17.4. The third-order valence-corrected chi connectivity index (χ3v) is 7.21. The summed E-state index contributed by atoms with van der Waals surface area (Å²) in [5.74, 6) is 0.992. The fourth-order valence-electron chi connectivity index (χ4n) is 5.24. The first-order valence-electron chi connectivity index (χ1n) is 12.5. The van der Waals surface area contributed by atoms with Crippen molar-refractivity contribution in [1.29, 1.82) is 5.26 Å². The molecule has 2 saturated heterocycles. The van der Waals surface area contributed by atoms with Gasteiger partial charge in [-0.05, 0) is 75.4 Å². The van der Waals surface area contributed by atoms with Crippen LogP contribution >= 0.6 is 0 Å². The number of hydrogen-bond acceptors (Lipinski definition) is 6. The number of anilines is 1. The van der Waals surface area contributed by atoms with Crippen molar-refractivity contribution in [2.45, 2.75) is 50.5 Å². The topological polar surface area (TPSA) is 83.6 Å². The highest BCUT2D eigenvalue weighted by atomic mass is 19.4. The van der Waals surface area contributed by atoms with E-state index in [-0.39, 0.29) is 18.4 Å². The van der Waals surface area contributed by atoms with Gasteiger partial charge in [0.15, 0.2) is 0 Å². The van der Waals surface area contributed by atoms with Crippen molar-refractivity contribution in [2.24, 2.45) is 10.9 Å². The summed E-state index contributed by atoms with van der Waals surface area (Å²) < 4.78 is 55.3. The van der Waals surface area contributed by atoms with Crippen LogP contribution in [0.2, 0.25) is 0 Å². The van der Waals surface area contributed by atoms with Crippen molar-refractivity contribution in [3.63, 3.8) is 0 Å². The summed E-state index contributed by atoms with van der Waals surface area (Å²) in [5, 5.41) is 16.0. The third kappa shape index (κ3) is 5.22. The highest BCUT2D eigenvalue weighted by molar-refractivity contribution is 6.17. The van der Waals surface area contributed by atoms with Crippen molar-refractivity contribution in [1.82, 2.24) is 9.88 Å². The predicted molar refractivity (Wildman–Crippen MR) is 129 cm³/mol. The lowest BCUT2D eigenvalue weighted by Gasteiger charge is -2.28. The van der Waals surface area contributed by atoms with Gasteiger partial charge in [0, 0.05) is 36.6 Å².